The Morgan fingerprint density at radius 3 is 2.19 bits per heavy atom. The maximum absolute atomic E-state index is 14.8. The van der Waals surface area contributed by atoms with E-state index in [1.165, 1.54) is 6.07 Å². The molecule has 4 N–H and O–H groups in total. The highest BCUT2D eigenvalue weighted by Crippen LogP contribution is 2.41. The zero-order valence-corrected chi connectivity index (χ0v) is 19.6. The molecule has 2 amide bonds. The minimum absolute atomic E-state index is 0. The second-order valence-corrected chi connectivity index (χ2v) is 10.2. The third-order valence-electron chi connectivity index (χ3n) is 5.86. The van der Waals surface area contributed by atoms with Crippen LogP contribution in [0.5, 0.6) is 0 Å². The lowest BCUT2D eigenvalue weighted by Crippen LogP contribution is -2.19. The number of rotatable bonds is 3. The van der Waals surface area contributed by atoms with Gasteiger partial charge in [-0.2, -0.15) is 13.5 Å². The standard InChI is InChI=1S/C21H26FN3O4S.H2S/c1-11-16(21(2,3)27)10-17(29-11)30(23,28)25-20(26)24-19-14-8-4-6-12(14)18(22)13-7-5-9-15(13)19;/h10,27H,4-9H2,1-3H3,(H3,23,24,25,26,28);1H2. The van der Waals surface area contributed by atoms with Crippen molar-refractivity contribution in [3.8, 4) is 0 Å². The number of benzene rings is 1. The summed E-state index contributed by atoms with van der Waals surface area (Å²) in [6.07, 6.45) is 4.31. The highest BCUT2D eigenvalue weighted by atomic mass is 32.2. The van der Waals surface area contributed by atoms with Gasteiger partial charge in [0.1, 0.15) is 11.6 Å². The first-order chi connectivity index (χ1) is 14.0. The number of hydrogen-bond acceptors (Lipinski definition) is 4. The molecule has 31 heavy (non-hydrogen) atoms. The van der Waals surface area contributed by atoms with E-state index in [1.807, 2.05) is 0 Å². The van der Waals surface area contributed by atoms with E-state index in [0.29, 0.717) is 53.8 Å². The van der Waals surface area contributed by atoms with Gasteiger partial charge in [0, 0.05) is 17.3 Å². The number of urea groups is 1. The first kappa shape index (κ1) is 23.8. The van der Waals surface area contributed by atoms with Crippen LogP contribution in [0.1, 0.15) is 60.3 Å². The zero-order chi connectivity index (χ0) is 21.8. The topological polar surface area (TPSA) is 118 Å². The average Bonchev–Trinajstić information content (AvgIpc) is 3.36. The van der Waals surface area contributed by atoms with Crippen molar-refractivity contribution in [2.45, 2.75) is 70.0 Å². The number of fused-ring (bicyclic) bond motifs is 2. The Morgan fingerprint density at radius 2 is 1.71 bits per heavy atom. The fourth-order valence-corrected chi connectivity index (χ4v) is 5.46. The number of halogens is 1. The van der Waals surface area contributed by atoms with Gasteiger partial charge in [0.25, 0.3) is 0 Å². The van der Waals surface area contributed by atoms with Gasteiger partial charge in [0.15, 0.2) is 9.92 Å². The van der Waals surface area contributed by atoms with Crippen LogP contribution >= 0.6 is 13.5 Å². The molecule has 4 rings (SSSR count). The summed E-state index contributed by atoms with van der Waals surface area (Å²) >= 11 is 0. The Labute approximate surface area is 188 Å². The Hall–Kier alpha value is -1.88. The smallest absolute Gasteiger partial charge is 0.354 e. The van der Waals surface area contributed by atoms with Crippen molar-refractivity contribution < 1.29 is 22.9 Å². The highest BCUT2D eigenvalue weighted by molar-refractivity contribution is 7.91. The van der Waals surface area contributed by atoms with Crippen molar-refractivity contribution in [2.24, 2.45) is 9.50 Å². The molecule has 0 aliphatic heterocycles. The monoisotopic (exact) mass is 469 g/mol. The van der Waals surface area contributed by atoms with Crippen LogP contribution in [0.2, 0.25) is 0 Å². The number of nitrogens with two attached hydrogens (primary N) is 1. The maximum atomic E-state index is 14.8. The second-order valence-electron chi connectivity index (χ2n) is 8.49. The number of hydrogen-bond donors (Lipinski definition) is 3. The van der Waals surface area contributed by atoms with Crippen LogP contribution in [0.3, 0.4) is 0 Å². The normalized spacial score (nSPS) is 16.8. The molecule has 0 saturated carbocycles. The van der Waals surface area contributed by atoms with Crippen molar-refractivity contribution in [2.75, 3.05) is 5.32 Å². The molecule has 0 fully saturated rings. The molecule has 7 nitrogen and oxygen atoms in total. The Balaban J connectivity index is 0.00000272. The first-order valence-electron chi connectivity index (χ1n) is 10.0. The molecule has 0 radical (unpaired) electrons. The summed E-state index contributed by atoms with van der Waals surface area (Å²) in [7, 11) is -3.67. The molecule has 0 saturated heterocycles. The lowest BCUT2D eigenvalue weighted by atomic mass is 9.98. The van der Waals surface area contributed by atoms with Crippen LogP contribution in [0.15, 0.2) is 19.9 Å². The fourth-order valence-electron chi connectivity index (χ4n) is 4.54. The van der Waals surface area contributed by atoms with Crippen LogP contribution in [0.4, 0.5) is 14.9 Å². The van der Waals surface area contributed by atoms with Gasteiger partial charge in [0.2, 0.25) is 5.09 Å². The number of aliphatic hydroxyl groups is 1. The summed E-state index contributed by atoms with van der Waals surface area (Å²) in [5.41, 5.74) is 2.72. The number of carbonyl (C=O) groups is 1. The number of nitrogens with one attached hydrogen (secondary N) is 1. The number of aryl methyl sites for hydroxylation is 1. The predicted molar refractivity (Wildman–Crippen MR) is 122 cm³/mol. The minimum atomic E-state index is -3.67. The van der Waals surface area contributed by atoms with Crippen molar-refractivity contribution in [3.63, 3.8) is 0 Å². The third kappa shape index (κ3) is 4.26. The highest BCUT2D eigenvalue weighted by Gasteiger charge is 2.30. The van der Waals surface area contributed by atoms with Crippen molar-refractivity contribution in [3.05, 3.63) is 45.5 Å². The summed E-state index contributed by atoms with van der Waals surface area (Å²) in [4.78, 5) is 12.7. The zero-order valence-electron chi connectivity index (χ0n) is 17.8. The SMILES string of the molecule is Cc1oc(S(N)(=O)=NC(=O)Nc2c3c(c(F)c4c2CCC4)CCC3)cc1C(C)(C)O.S. The summed E-state index contributed by atoms with van der Waals surface area (Å²) in [5, 5.41) is 18.6. The Morgan fingerprint density at radius 1 is 1.19 bits per heavy atom. The average molecular weight is 470 g/mol. The molecule has 1 aromatic carbocycles. The van der Waals surface area contributed by atoms with Crippen LogP contribution in [0.25, 0.3) is 0 Å². The van der Waals surface area contributed by atoms with Crippen LogP contribution < -0.4 is 10.5 Å². The maximum Gasteiger partial charge on any atom is 0.354 e. The van der Waals surface area contributed by atoms with Crippen molar-refractivity contribution in [1.82, 2.24) is 0 Å². The van der Waals surface area contributed by atoms with Gasteiger partial charge >= 0.3 is 6.03 Å². The van der Waals surface area contributed by atoms with Gasteiger partial charge in [-0.25, -0.2) is 18.5 Å². The molecule has 1 heterocycles. The third-order valence-corrected chi connectivity index (χ3v) is 7.08. The van der Waals surface area contributed by atoms with Gasteiger partial charge < -0.3 is 14.8 Å². The molecule has 2 aromatic rings. The summed E-state index contributed by atoms with van der Waals surface area (Å²) < 4.78 is 36.8. The summed E-state index contributed by atoms with van der Waals surface area (Å²) in [6, 6.07) is 0.498. The van der Waals surface area contributed by atoms with Gasteiger partial charge in [-0.05, 0) is 81.5 Å². The number of carbonyl (C=O) groups excluding carboxylic acids is 1. The van der Waals surface area contributed by atoms with E-state index >= 15 is 0 Å². The summed E-state index contributed by atoms with van der Waals surface area (Å²) in [6.45, 7) is 4.73. The molecule has 10 heteroatoms. The van der Waals surface area contributed by atoms with Crippen LogP contribution in [-0.2, 0) is 41.2 Å². The lowest BCUT2D eigenvalue weighted by molar-refractivity contribution is 0.0769. The van der Waals surface area contributed by atoms with Gasteiger partial charge in [-0.1, -0.05) is 0 Å². The first-order valence-corrected chi connectivity index (χ1v) is 11.6. The van der Waals surface area contributed by atoms with E-state index in [0.717, 1.165) is 24.0 Å². The molecule has 1 aromatic heterocycles. The molecular weight excluding hydrogens is 441 g/mol. The lowest BCUT2D eigenvalue weighted by Gasteiger charge is -2.16. The number of nitrogens with zero attached hydrogens (tertiary/aromatic N) is 1. The molecule has 2 aliphatic carbocycles. The Kier molecular flexibility index (Phi) is 6.31. The van der Waals surface area contributed by atoms with Crippen molar-refractivity contribution >= 4 is 35.1 Å². The Bertz CT molecular complexity index is 1140. The van der Waals surface area contributed by atoms with Crippen LogP contribution in [-0.4, -0.2) is 15.3 Å². The molecular formula is C21H28FN3O4S2. The largest absolute Gasteiger partial charge is 0.450 e. The number of amides is 2. The second kappa shape index (κ2) is 8.23. The van der Waals surface area contributed by atoms with E-state index in [1.54, 1.807) is 20.8 Å². The number of anilines is 1. The minimum Gasteiger partial charge on any atom is -0.450 e. The quantitative estimate of drug-likeness (QED) is 0.630. The van der Waals surface area contributed by atoms with E-state index in [4.69, 9.17) is 9.56 Å². The molecule has 1 atom stereocenters. The van der Waals surface area contributed by atoms with E-state index in [9.17, 15) is 18.5 Å². The van der Waals surface area contributed by atoms with Gasteiger partial charge in [0.05, 0.1) is 5.60 Å². The molecule has 0 bridgehead atoms. The fraction of sp³-hybridized carbons (Fsp3) is 0.476. The molecule has 1 unspecified atom stereocenters. The summed E-state index contributed by atoms with van der Waals surface area (Å²) in [5.74, 6) is 0.207. The van der Waals surface area contributed by atoms with Crippen molar-refractivity contribution in [1.29, 1.82) is 0 Å². The predicted octanol–water partition coefficient (Wildman–Crippen LogP) is 3.98. The van der Waals surface area contributed by atoms with Gasteiger partial charge in [-0.15, -0.1) is 4.36 Å². The van der Waals surface area contributed by atoms with Gasteiger partial charge in [-0.3, -0.25) is 0 Å². The van der Waals surface area contributed by atoms with E-state index in [2.05, 4.69) is 9.68 Å². The molecule has 0 spiro atoms. The number of furan rings is 1. The van der Waals surface area contributed by atoms with E-state index in [-0.39, 0.29) is 24.4 Å². The molecule has 170 valence electrons. The molecule has 2 aliphatic rings. The van der Waals surface area contributed by atoms with Crippen LogP contribution in [0, 0.1) is 12.7 Å². The van der Waals surface area contributed by atoms with E-state index < -0.39 is 21.5 Å².